The van der Waals surface area contributed by atoms with Gasteiger partial charge in [-0.3, -0.25) is 0 Å². The van der Waals surface area contributed by atoms with Crippen molar-refractivity contribution in [2.24, 2.45) is 0 Å². The highest BCUT2D eigenvalue weighted by Crippen LogP contribution is 2.27. The van der Waals surface area contributed by atoms with Crippen molar-refractivity contribution in [2.45, 2.75) is 65.7 Å². The van der Waals surface area contributed by atoms with Crippen LogP contribution in [0, 0.1) is 0 Å². The largest absolute Gasteiger partial charge is 0.0856 e. The lowest BCUT2D eigenvalue weighted by Gasteiger charge is -1.86. The van der Waals surface area contributed by atoms with Crippen molar-refractivity contribution in [1.29, 1.82) is 0 Å². The third-order valence-electron chi connectivity index (χ3n) is 1.99. The van der Waals surface area contributed by atoms with Gasteiger partial charge < -0.3 is 0 Å². The number of rotatable bonds is 4. The van der Waals surface area contributed by atoms with E-state index < -0.39 is 0 Å². The molecule has 0 aliphatic heterocycles. The minimum atomic E-state index is 1.23. The molecule has 1 aliphatic rings. The Bertz CT molecular complexity index is 101. The first-order valence-corrected chi connectivity index (χ1v) is 5.53. The van der Waals surface area contributed by atoms with E-state index in [2.05, 4.69) is 26.8 Å². The summed E-state index contributed by atoms with van der Waals surface area (Å²) in [5.74, 6) is 0. The first kappa shape index (κ1) is 11.7. The zero-order chi connectivity index (χ0) is 9.23. The molecule has 0 heteroatoms. The molecule has 0 atom stereocenters. The lowest BCUT2D eigenvalue weighted by molar-refractivity contribution is 0.702. The zero-order valence-corrected chi connectivity index (χ0v) is 9.03. The highest BCUT2D eigenvalue weighted by Gasteiger charge is 2.07. The van der Waals surface area contributed by atoms with Crippen molar-refractivity contribution < 1.29 is 0 Å². The average molecular weight is 168 g/mol. The Morgan fingerprint density at radius 2 is 1.50 bits per heavy atom. The van der Waals surface area contributed by atoms with Crippen LogP contribution in [-0.2, 0) is 0 Å². The Morgan fingerprint density at radius 1 is 1.00 bits per heavy atom. The van der Waals surface area contributed by atoms with E-state index in [4.69, 9.17) is 0 Å². The summed E-state index contributed by atoms with van der Waals surface area (Å²) in [5, 5.41) is 0. The minimum Gasteiger partial charge on any atom is -0.0856 e. The summed E-state index contributed by atoms with van der Waals surface area (Å²) in [6.45, 7) is 6.65. The lowest BCUT2D eigenvalue weighted by Crippen LogP contribution is -1.66. The summed E-state index contributed by atoms with van der Waals surface area (Å²) < 4.78 is 0. The van der Waals surface area contributed by atoms with Crippen molar-refractivity contribution in [1.82, 2.24) is 0 Å². The SMILES string of the molecule is CCC=C1CC1.CCCCCC. The normalized spacial score (nSPS) is 13.4. The van der Waals surface area contributed by atoms with E-state index >= 15 is 0 Å². The fourth-order valence-electron chi connectivity index (χ4n) is 1.06. The fraction of sp³-hybridized carbons (Fsp3) is 0.833. The van der Waals surface area contributed by atoms with Gasteiger partial charge >= 0.3 is 0 Å². The maximum Gasteiger partial charge on any atom is -0.0283 e. The molecule has 0 bridgehead atoms. The second-order valence-corrected chi connectivity index (χ2v) is 3.48. The van der Waals surface area contributed by atoms with Crippen LogP contribution in [0.1, 0.15) is 65.7 Å². The molecule has 72 valence electrons. The second kappa shape index (κ2) is 8.83. The molecule has 12 heavy (non-hydrogen) atoms. The van der Waals surface area contributed by atoms with Gasteiger partial charge in [0.15, 0.2) is 0 Å². The second-order valence-electron chi connectivity index (χ2n) is 3.48. The van der Waals surface area contributed by atoms with Crippen LogP contribution in [0.3, 0.4) is 0 Å². The summed E-state index contributed by atoms with van der Waals surface area (Å²) in [6.07, 6.45) is 11.9. The summed E-state index contributed by atoms with van der Waals surface area (Å²) in [7, 11) is 0. The first-order chi connectivity index (χ1) is 5.85. The Morgan fingerprint density at radius 3 is 1.67 bits per heavy atom. The maximum atomic E-state index is 2.32. The van der Waals surface area contributed by atoms with Gasteiger partial charge in [0.05, 0.1) is 0 Å². The van der Waals surface area contributed by atoms with Crippen LogP contribution in [0.4, 0.5) is 0 Å². The number of allylic oxidation sites excluding steroid dienone is 2. The topological polar surface area (TPSA) is 0 Å². The van der Waals surface area contributed by atoms with E-state index in [0.717, 1.165) is 0 Å². The van der Waals surface area contributed by atoms with E-state index in [9.17, 15) is 0 Å². The fourth-order valence-corrected chi connectivity index (χ4v) is 1.06. The lowest BCUT2D eigenvalue weighted by atomic mass is 10.2. The minimum absolute atomic E-state index is 1.23. The highest BCUT2D eigenvalue weighted by atomic mass is 14.1. The highest BCUT2D eigenvalue weighted by molar-refractivity contribution is 5.15. The van der Waals surface area contributed by atoms with Crippen molar-refractivity contribution in [3.8, 4) is 0 Å². The maximum absolute atomic E-state index is 2.32. The van der Waals surface area contributed by atoms with Gasteiger partial charge in [-0.25, -0.2) is 0 Å². The van der Waals surface area contributed by atoms with Gasteiger partial charge in [-0.05, 0) is 19.3 Å². The molecule has 0 aromatic carbocycles. The Hall–Kier alpha value is -0.260. The predicted molar refractivity (Wildman–Crippen MR) is 57.4 cm³/mol. The molecule has 1 saturated carbocycles. The van der Waals surface area contributed by atoms with Crippen LogP contribution in [0.25, 0.3) is 0 Å². The molecule has 0 spiro atoms. The molecule has 0 saturated heterocycles. The van der Waals surface area contributed by atoms with E-state index in [1.165, 1.54) is 44.9 Å². The van der Waals surface area contributed by atoms with Gasteiger partial charge in [0.1, 0.15) is 0 Å². The summed E-state index contributed by atoms with van der Waals surface area (Å²) in [5.41, 5.74) is 1.66. The summed E-state index contributed by atoms with van der Waals surface area (Å²) in [6, 6.07) is 0. The molecule has 0 unspecified atom stereocenters. The molecular formula is C12H24. The van der Waals surface area contributed by atoms with Crippen LogP contribution < -0.4 is 0 Å². The molecule has 0 amide bonds. The van der Waals surface area contributed by atoms with Crippen molar-refractivity contribution in [2.75, 3.05) is 0 Å². The quantitative estimate of drug-likeness (QED) is 0.421. The van der Waals surface area contributed by atoms with Crippen molar-refractivity contribution in [3.05, 3.63) is 11.6 Å². The Labute approximate surface area is 78.1 Å². The Kier molecular flexibility index (Phi) is 8.64. The standard InChI is InChI=1S/C6H10.C6H14/c1-2-3-6-4-5-6;1-3-5-6-4-2/h3H,2,4-5H2,1H3;3-6H2,1-2H3. The number of unbranched alkanes of at least 4 members (excludes halogenated alkanes) is 3. The third kappa shape index (κ3) is 9.74. The van der Waals surface area contributed by atoms with E-state index in [1.54, 1.807) is 5.57 Å². The van der Waals surface area contributed by atoms with Gasteiger partial charge in [0.25, 0.3) is 0 Å². The monoisotopic (exact) mass is 168 g/mol. The Balaban J connectivity index is 0.000000202. The molecule has 0 aromatic heterocycles. The van der Waals surface area contributed by atoms with Gasteiger partial charge in [-0.15, -0.1) is 0 Å². The summed E-state index contributed by atoms with van der Waals surface area (Å²) in [4.78, 5) is 0. The van der Waals surface area contributed by atoms with Gasteiger partial charge in [0, 0.05) is 0 Å². The van der Waals surface area contributed by atoms with Crippen LogP contribution in [0.2, 0.25) is 0 Å². The molecular weight excluding hydrogens is 144 g/mol. The molecule has 1 aliphatic carbocycles. The third-order valence-corrected chi connectivity index (χ3v) is 1.99. The summed E-state index contributed by atoms with van der Waals surface area (Å²) >= 11 is 0. The molecule has 0 radical (unpaired) electrons. The van der Waals surface area contributed by atoms with Gasteiger partial charge in [0.2, 0.25) is 0 Å². The van der Waals surface area contributed by atoms with Crippen LogP contribution in [0.15, 0.2) is 11.6 Å². The average Bonchev–Trinajstić information content (AvgIpc) is 2.86. The van der Waals surface area contributed by atoms with Crippen LogP contribution in [-0.4, -0.2) is 0 Å². The van der Waals surface area contributed by atoms with Crippen molar-refractivity contribution in [3.63, 3.8) is 0 Å². The first-order valence-electron chi connectivity index (χ1n) is 5.53. The van der Waals surface area contributed by atoms with E-state index in [1.807, 2.05) is 0 Å². The zero-order valence-electron chi connectivity index (χ0n) is 9.03. The molecule has 0 aromatic rings. The molecule has 1 rings (SSSR count). The van der Waals surface area contributed by atoms with E-state index in [0.29, 0.717) is 0 Å². The van der Waals surface area contributed by atoms with E-state index in [-0.39, 0.29) is 0 Å². The van der Waals surface area contributed by atoms with Gasteiger partial charge in [-0.1, -0.05) is 58.1 Å². The number of hydrogen-bond donors (Lipinski definition) is 0. The smallest absolute Gasteiger partial charge is 0.0283 e. The molecule has 1 fully saturated rings. The van der Waals surface area contributed by atoms with Gasteiger partial charge in [-0.2, -0.15) is 0 Å². The van der Waals surface area contributed by atoms with Crippen molar-refractivity contribution >= 4 is 0 Å². The molecule has 0 heterocycles. The molecule has 0 nitrogen and oxygen atoms in total. The molecule has 0 N–H and O–H groups in total. The van der Waals surface area contributed by atoms with Crippen LogP contribution in [0.5, 0.6) is 0 Å². The van der Waals surface area contributed by atoms with Crippen LogP contribution >= 0.6 is 0 Å². The predicted octanol–water partition coefficient (Wildman–Crippen LogP) is 4.70. The number of hydrogen-bond acceptors (Lipinski definition) is 0.